The van der Waals surface area contributed by atoms with Crippen molar-refractivity contribution in [2.45, 2.75) is 6.04 Å². The van der Waals surface area contributed by atoms with Crippen molar-refractivity contribution in [2.24, 2.45) is 5.73 Å². The van der Waals surface area contributed by atoms with Crippen LogP contribution in [0.1, 0.15) is 17.2 Å². The summed E-state index contributed by atoms with van der Waals surface area (Å²) < 4.78 is 14.5. The molecule has 0 amide bonds. The van der Waals surface area contributed by atoms with Gasteiger partial charge in [-0.05, 0) is 39.7 Å². The lowest BCUT2D eigenvalue weighted by Gasteiger charge is -2.14. The summed E-state index contributed by atoms with van der Waals surface area (Å²) >= 11 is 8.99. The smallest absolute Gasteiger partial charge is 0.148 e. The molecule has 1 heterocycles. The van der Waals surface area contributed by atoms with Gasteiger partial charge in [0.15, 0.2) is 0 Å². The zero-order valence-electron chi connectivity index (χ0n) is 8.70. The second-order valence-corrected chi connectivity index (χ2v) is 4.76. The zero-order valence-corrected chi connectivity index (χ0v) is 11.0. The number of hydrogen-bond donors (Lipinski definition) is 1. The van der Waals surface area contributed by atoms with Crippen molar-refractivity contribution in [3.8, 4) is 0 Å². The van der Waals surface area contributed by atoms with Crippen LogP contribution >= 0.6 is 27.5 Å². The Morgan fingerprint density at radius 2 is 1.88 bits per heavy atom. The molecule has 0 aliphatic heterocycles. The van der Waals surface area contributed by atoms with Gasteiger partial charge in [-0.15, -0.1) is 0 Å². The summed E-state index contributed by atoms with van der Waals surface area (Å²) in [4.78, 5) is 3.89. The Morgan fingerprint density at radius 3 is 2.53 bits per heavy atom. The summed E-state index contributed by atoms with van der Waals surface area (Å²) in [6, 6.07) is 6.25. The zero-order chi connectivity index (χ0) is 12.4. The fraction of sp³-hybridized carbons (Fsp3) is 0.0833. The normalized spacial score (nSPS) is 12.5. The van der Waals surface area contributed by atoms with E-state index in [-0.39, 0.29) is 5.02 Å². The maximum absolute atomic E-state index is 13.9. The van der Waals surface area contributed by atoms with Crippen LogP contribution in [0, 0.1) is 5.82 Å². The van der Waals surface area contributed by atoms with Crippen molar-refractivity contribution in [3.05, 3.63) is 63.1 Å². The van der Waals surface area contributed by atoms with Gasteiger partial charge >= 0.3 is 0 Å². The first-order valence-electron chi connectivity index (χ1n) is 4.90. The third kappa shape index (κ3) is 2.49. The van der Waals surface area contributed by atoms with E-state index < -0.39 is 11.9 Å². The highest BCUT2D eigenvalue weighted by molar-refractivity contribution is 9.10. The minimum Gasteiger partial charge on any atom is -0.320 e. The Hall–Kier alpha value is -0.970. The fourth-order valence-corrected chi connectivity index (χ4v) is 2.01. The average Bonchev–Trinajstić information content (AvgIpc) is 2.36. The molecule has 88 valence electrons. The van der Waals surface area contributed by atoms with Crippen molar-refractivity contribution in [3.63, 3.8) is 0 Å². The molecule has 0 aliphatic carbocycles. The molecule has 0 bridgehead atoms. The SMILES string of the molecule is NC(c1ccncc1)c1ccc(Br)c(Cl)c1F. The van der Waals surface area contributed by atoms with Gasteiger partial charge in [0.05, 0.1) is 11.1 Å². The highest BCUT2D eigenvalue weighted by atomic mass is 79.9. The summed E-state index contributed by atoms with van der Waals surface area (Å²) in [5, 5.41) is 0.0482. The number of nitrogens with two attached hydrogens (primary N) is 1. The molecule has 2 N–H and O–H groups in total. The van der Waals surface area contributed by atoms with Crippen molar-refractivity contribution in [1.82, 2.24) is 4.98 Å². The van der Waals surface area contributed by atoms with E-state index in [0.29, 0.717) is 10.0 Å². The monoisotopic (exact) mass is 314 g/mol. The van der Waals surface area contributed by atoms with Crippen LogP contribution in [0.25, 0.3) is 0 Å². The van der Waals surface area contributed by atoms with Gasteiger partial charge in [-0.1, -0.05) is 17.7 Å². The molecule has 0 radical (unpaired) electrons. The molecule has 0 spiro atoms. The number of pyridine rings is 1. The van der Waals surface area contributed by atoms with Crippen molar-refractivity contribution in [1.29, 1.82) is 0 Å². The highest BCUT2D eigenvalue weighted by Crippen LogP contribution is 2.31. The summed E-state index contributed by atoms with van der Waals surface area (Å²) in [7, 11) is 0. The maximum atomic E-state index is 13.9. The van der Waals surface area contributed by atoms with Crippen molar-refractivity contribution < 1.29 is 4.39 Å². The van der Waals surface area contributed by atoms with E-state index in [1.165, 1.54) is 0 Å². The number of rotatable bonds is 2. The van der Waals surface area contributed by atoms with Gasteiger partial charge in [-0.3, -0.25) is 4.98 Å². The van der Waals surface area contributed by atoms with Gasteiger partial charge in [0.25, 0.3) is 0 Å². The van der Waals surface area contributed by atoms with Gasteiger partial charge in [-0.25, -0.2) is 4.39 Å². The standard InChI is InChI=1S/C12H9BrClFN2/c13-9-2-1-8(11(15)10(9)14)12(16)7-3-5-17-6-4-7/h1-6,12H,16H2. The minimum absolute atomic E-state index is 0.0482. The first kappa shape index (κ1) is 12.5. The molecular weight excluding hydrogens is 307 g/mol. The molecule has 0 saturated carbocycles. The predicted octanol–water partition coefficient (Wildman–Crippen LogP) is 3.68. The Morgan fingerprint density at radius 1 is 1.24 bits per heavy atom. The largest absolute Gasteiger partial charge is 0.320 e. The quantitative estimate of drug-likeness (QED) is 0.859. The van der Waals surface area contributed by atoms with Gasteiger partial charge < -0.3 is 5.73 Å². The molecule has 2 aromatic rings. The van der Waals surface area contributed by atoms with Crippen LogP contribution < -0.4 is 5.73 Å². The number of halogens is 3. The average molecular weight is 316 g/mol. The van der Waals surface area contributed by atoms with E-state index in [1.807, 2.05) is 0 Å². The molecule has 1 aromatic carbocycles. The van der Waals surface area contributed by atoms with Gasteiger partial charge in [-0.2, -0.15) is 0 Å². The van der Waals surface area contributed by atoms with Gasteiger partial charge in [0.2, 0.25) is 0 Å². The van der Waals surface area contributed by atoms with Crippen LogP contribution in [0.3, 0.4) is 0 Å². The summed E-state index contributed by atoms with van der Waals surface area (Å²) in [6.45, 7) is 0. The number of benzene rings is 1. The van der Waals surface area contributed by atoms with Crippen molar-refractivity contribution in [2.75, 3.05) is 0 Å². The summed E-state index contributed by atoms with van der Waals surface area (Å²) in [5.74, 6) is -0.495. The van der Waals surface area contributed by atoms with Crippen molar-refractivity contribution >= 4 is 27.5 Å². The lowest BCUT2D eigenvalue weighted by molar-refractivity contribution is 0.599. The number of hydrogen-bond acceptors (Lipinski definition) is 2. The Balaban J connectivity index is 2.45. The second kappa shape index (κ2) is 5.12. The predicted molar refractivity (Wildman–Crippen MR) is 69.4 cm³/mol. The van der Waals surface area contributed by atoms with Crippen LogP contribution in [-0.4, -0.2) is 4.98 Å². The molecule has 17 heavy (non-hydrogen) atoms. The molecule has 0 aliphatic rings. The van der Waals surface area contributed by atoms with E-state index >= 15 is 0 Å². The van der Waals surface area contributed by atoms with Crippen LogP contribution in [0.4, 0.5) is 4.39 Å². The first-order chi connectivity index (χ1) is 8.11. The molecule has 1 aromatic heterocycles. The molecule has 2 rings (SSSR count). The van der Waals surface area contributed by atoms with E-state index in [1.54, 1.807) is 36.7 Å². The topological polar surface area (TPSA) is 38.9 Å². The summed E-state index contributed by atoms with van der Waals surface area (Å²) in [6.07, 6.45) is 3.24. The number of nitrogens with zero attached hydrogens (tertiary/aromatic N) is 1. The van der Waals surface area contributed by atoms with E-state index in [9.17, 15) is 4.39 Å². The second-order valence-electron chi connectivity index (χ2n) is 3.52. The lowest BCUT2D eigenvalue weighted by atomic mass is 10.0. The van der Waals surface area contributed by atoms with E-state index in [4.69, 9.17) is 17.3 Å². The molecular formula is C12H9BrClFN2. The van der Waals surface area contributed by atoms with Crippen LogP contribution in [0.15, 0.2) is 41.1 Å². The van der Waals surface area contributed by atoms with Gasteiger partial charge in [0.1, 0.15) is 5.82 Å². The van der Waals surface area contributed by atoms with Gasteiger partial charge in [0, 0.05) is 22.4 Å². The highest BCUT2D eigenvalue weighted by Gasteiger charge is 2.17. The van der Waals surface area contributed by atoms with Crippen LogP contribution in [-0.2, 0) is 0 Å². The third-order valence-electron chi connectivity index (χ3n) is 2.47. The summed E-state index contributed by atoms with van der Waals surface area (Å²) in [5.41, 5.74) is 7.15. The molecule has 1 unspecified atom stereocenters. The van der Waals surface area contributed by atoms with E-state index in [0.717, 1.165) is 5.56 Å². The first-order valence-corrected chi connectivity index (χ1v) is 6.07. The van der Waals surface area contributed by atoms with Crippen LogP contribution in [0.2, 0.25) is 5.02 Å². The molecule has 5 heteroatoms. The fourth-order valence-electron chi connectivity index (χ4n) is 1.53. The molecule has 0 saturated heterocycles. The van der Waals surface area contributed by atoms with E-state index in [2.05, 4.69) is 20.9 Å². The van der Waals surface area contributed by atoms with Crippen LogP contribution in [0.5, 0.6) is 0 Å². The Kier molecular flexibility index (Phi) is 3.76. The Bertz CT molecular complexity index is 534. The third-order valence-corrected chi connectivity index (χ3v) is 3.72. The molecule has 0 fully saturated rings. The molecule has 1 atom stereocenters. The lowest BCUT2D eigenvalue weighted by Crippen LogP contribution is -2.13. The minimum atomic E-state index is -0.552. The number of aromatic nitrogens is 1. The molecule has 2 nitrogen and oxygen atoms in total. The maximum Gasteiger partial charge on any atom is 0.148 e. The Labute approximate surface area is 112 Å².